The van der Waals surface area contributed by atoms with Crippen LogP contribution in [-0.4, -0.2) is 59.9 Å². The highest BCUT2D eigenvalue weighted by Gasteiger charge is 2.23. The van der Waals surface area contributed by atoms with Crippen LogP contribution in [0.4, 0.5) is 0 Å². The Balaban J connectivity index is 0.00000264. The first-order valence-electron chi connectivity index (χ1n) is 8.00. The highest BCUT2D eigenvalue weighted by Crippen LogP contribution is 2.10. The van der Waals surface area contributed by atoms with E-state index >= 15 is 0 Å². The van der Waals surface area contributed by atoms with Crippen LogP contribution in [0, 0.1) is 0 Å². The Morgan fingerprint density at radius 2 is 1.96 bits per heavy atom. The average molecular weight is 358 g/mol. The highest BCUT2D eigenvalue weighted by atomic mass is 35.5. The molecule has 1 aliphatic heterocycles. The van der Waals surface area contributed by atoms with Gasteiger partial charge in [0, 0.05) is 32.7 Å². The molecule has 130 valence electrons. The molecule has 4 nitrogen and oxygen atoms in total. The molecule has 0 radical (unpaired) electrons. The maximum atomic E-state index is 12.4. The second kappa shape index (κ2) is 10.9. The van der Waals surface area contributed by atoms with E-state index in [2.05, 4.69) is 29.2 Å². The Kier molecular flexibility index (Phi) is 9.63. The normalized spacial score (nSPS) is 17.2. The molecule has 1 aromatic rings. The molecule has 6 heteroatoms. The summed E-state index contributed by atoms with van der Waals surface area (Å²) in [6, 6.07) is 10.2. The molecule has 1 aromatic carbocycles. The molecule has 2 N–H and O–H groups in total. The van der Waals surface area contributed by atoms with Crippen LogP contribution < -0.4 is 5.73 Å². The predicted molar refractivity (Wildman–Crippen MR) is 101 cm³/mol. The van der Waals surface area contributed by atoms with Gasteiger partial charge in [0.1, 0.15) is 0 Å². The summed E-state index contributed by atoms with van der Waals surface area (Å²) in [5.41, 5.74) is 7.36. The lowest BCUT2D eigenvalue weighted by Crippen LogP contribution is -2.45. The van der Waals surface area contributed by atoms with Gasteiger partial charge in [-0.2, -0.15) is 11.8 Å². The largest absolute Gasteiger partial charge is 0.340 e. The molecule has 2 rings (SSSR count). The number of carbonyl (C=O) groups excluding carboxylic acids is 1. The SMILES string of the molecule is CSCCC(N)C(=O)N1CCCN(Cc2ccccc2)CC1.Cl. The Morgan fingerprint density at radius 1 is 1.22 bits per heavy atom. The fourth-order valence-corrected chi connectivity index (χ4v) is 3.28. The first-order valence-corrected chi connectivity index (χ1v) is 9.39. The van der Waals surface area contributed by atoms with Gasteiger partial charge in [-0.1, -0.05) is 30.3 Å². The zero-order valence-corrected chi connectivity index (χ0v) is 15.5. The topological polar surface area (TPSA) is 49.6 Å². The molecule has 1 atom stereocenters. The van der Waals surface area contributed by atoms with Crippen molar-refractivity contribution in [3.63, 3.8) is 0 Å². The third kappa shape index (κ3) is 6.71. The summed E-state index contributed by atoms with van der Waals surface area (Å²) in [6.07, 6.45) is 3.84. The van der Waals surface area contributed by atoms with E-state index in [9.17, 15) is 4.79 Å². The number of halogens is 1. The minimum Gasteiger partial charge on any atom is -0.340 e. The molecule has 0 saturated carbocycles. The van der Waals surface area contributed by atoms with Crippen LogP contribution in [0.3, 0.4) is 0 Å². The molecule has 0 aliphatic carbocycles. The van der Waals surface area contributed by atoms with Crippen molar-refractivity contribution < 1.29 is 4.79 Å². The lowest BCUT2D eigenvalue weighted by atomic mass is 10.2. The number of nitrogens with two attached hydrogens (primary N) is 1. The van der Waals surface area contributed by atoms with Gasteiger partial charge in [0.2, 0.25) is 5.91 Å². The summed E-state index contributed by atoms with van der Waals surface area (Å²) in [5.74, 6) is 1.07. The number of hydrogen-bond acceptors (Lipinski definition) is 4. The summed E-state index contributed by atoms with van der Waals surface area (Å²) in [7, 11) is 0. The molecular weight excluding hydrogens is 330 g/mol. The van der Waals surface area contributed by atoms with E-state index in [1.807, 2.05) is 17.2 Å². The molecule has 1 heterocycles. The van der Waals surface area contributed by atoms with Crippen molar-refractivity contribution in [3.05, 3.63) is 35.9 Å². The summed E-state index contributed by atoms with van der Waals surface area (Å²) in [6.45, 7) is 4.55. The third-order valence-electron chi connectivity index (χ3n) is 4.10. The number of amides is 1. The first-order chi connectivity index (χ1) is 10.7. The van der Waals surface area contributed by atoms with Gasteiger partial charge in [0.25, 0.3) is 0 Å². The minimum absolute atomic E-state index is 0. The number of benzene rings is 1. The van der Waals surface area contributed by atoms with E-state index in [0.29, 0.717) is 0 Å². The van der Waals surface area contributed by atoms with Crippen LogP contribution in [0.5, 0.6) is 0 Å². The molecule has 0 spiro atoms. The van der Waals surface area contributed by atoms with Gasteiger partial charge >= 0.3 is 0 Å². The minimum atomic E-state index is -0.340. The highest BCUT2D eigenvalue weighted by molar-refractivity contribution is 7.98. The lowest BCUT2D eigenvalue weighted by molar-refractivity contribution is -0.132. The molecule has 1 amide bonds. The van der Waals surface area contributed by atoms with Crippen molar-refractivity contribution in [1.29, 1.82) is 0 Å². The second-order valence-corrected chi connectivity index (χ2v) is 6.81. The second-order valence-electron chi connectivity index (χ2n) is 5.83. The fourth-order valence-electron chi connectivity index (χ4n) is 2.79. The molecule has 1 fully saturated rings. The molecule has 0 aromatic heterocycles. The van der Waals surface area contributed by atoms with Crippen LogP contribution in [0.2, 0.25) is 0 Å². The van der Waals surface area contributed by atoms with E-state index in [1.165, 1.54) is 5.56 Å². The quantitative estimate of drug-likeness (QED) is 0.848. The van der Waals surface area contributed by atoms with E-state index in [1.54, 1.807) is 11.8 Å². The zero-order chi connectivity index (χ0) is 15.8. The first kappa shape index (κ1) is 20.3. The van der Waals surface area contributed by atoms with Gasteiger partial charge in [-0.25, -0.2) is 0 Å². The summed E-state index contributed by atoms with van der Waals surface area (Å²) >= 11 is 1.74. The number of thioether (sulfide) groups is 1. The number of carbonyl (C=O) groups is 1. The molecule has 0 bridgehead atoms. The maximum absolute atomic E-state index is 12.4. The number of rotatable bonds is 6. The summed E-state index contributed by atoms with van der Waals surface area (Å²) in [4.78, 5) is 16.8. The van der Waals surface area contributed by atoms with E-state index in [-0.39, 0.29) is 24.4 Å². The van der Waals surface area contributed by atoms with Crippen molar-refractivity contribution in [2.45, 2.75) is 25.4 Å². The Bertz CT molecular complexity index is 460. The van der Waals surface area contributed by atoms with Gasteiger partial charge in [-0.05, 0) is 30.4 Å². The molecular formula is C17H28ClN3OS. The number of hydrogen-bond donors (Lipinski definition) is 1. The van der Waals surface area contributed by atoms with E-state index in [0.717, 1.165) is 51.3 Å². The Morgan fingerprint density at radius 3 is 2.65 bits per heavy atom. The van der Waals surface area contributed by atoms with Gasteiger partial charge in [-0.15, -0.1) is 12.4 Å². The van der Waals surface area contributed by atoms with Gasteiger partial charge in [-0.3, -0.25) is 9.69 Å². The van der Waals surface area contributed by atoms with Gasteiger partial charge in [0.05, 0.1) is 6.04 Å². The van der Waals surface area contributed by atoms with Crippen LogP contribution >= 0.6 is 24.2 Å². The van der Waals surface area contributed by atoms with Crippen molar-refractivity contribution in [1.82, 2.24) is 9.80 Å². The molecule has 23 heavy (non-hydrogen) atoms. The smallest absolute Gasteiger partial charge is 0.239 e. The lowest BCUT2D eigenvalue weighted by Gasteiger charge is -2.24. The van der Waals surface area contributed by atoms with Crippen LogP contribution in [-0.2, 0) is 11.3 Å². The van der Waals surface area contributed by atoms with Crippen LogP contribution in [0.1, 0.15) is 18.4 Å². The summed E-state index contributed by atoms with van der Waals surface area (Å²) < 4.78 is 0. The maximum Gasteiger partial charge on any atom is 0.239 e. The Labute approximate surface area is 150 Å². The summed E-state index contributed by atoms with van der Waals surface area (Å²) in [5, 5.41) is 0. The molecule has 1 aliphatic rings. The zero-order valence-electron chi connectivity index (χ0n) is 13.8. The van der Waals surface area contributed by atoms with Crippen LogP contribution in [0.15, 0.2) is 30.3 Å². The van der Waals surface area contributed by atoms with Gasteiger partial charge < -0.3 is 10.6 Å². The third-order valence-corrected chi connectivity index (χ3v) is 4.74. The van der Waals surface area contributed by atoms with Crippen molar-refractivity contribution >= 4 is 30.1 Å². The van der Waals surface area contributed by atoms with Crippen molar-refractivity contribution in [3.8, 4) is 0 Å². The molecule has 1 unspecified atom stereocenters. The molecule has 1 saturated heterocycles. The van der Waals surface area contributed by atoms with Crippen LogP contribution in [0.25, 0.3) is 0 Å². The average Bonchev–Trinajstić information content (AvgIpc) is 2.78. The predicted octanol–water partition coefficient (Wildman–Crippen LogP) is 2.22. The Hall–Kier alpha value is -0.750. The monoisotopic (exact) mass is 357 g/mol. The number of nitrogens with zero attached hydrogens (tertiary/aromatic N) is 2. The van der Waals surface area contributed by atoms with Crippen molar-refractivity contribution in [2.24, 2.45) is 5.73 Å². The van der Waals surface area contributed by atoms with E-state index in [4.69, 9.17) is 5.73 Å². The van der Waals surface area contributed by atoms with E-state index < -0.39 is 0 Å². The standard InChI is InChI=1S/C17H27N3OS.ClH/c1-22-13-8-16(18)17(21)20-10-5-9-19(11-12-20)14-15-6-3-2-4-7-15;/h2-4,6-7,16H,5,8-14,18H2,1H3;1H. The fraction of sp³-hybridized carbons (Fsp3) is 0.588. The van der Waals surface area contributed by atoms with Crippen molar-refractivity contribution in [2.75, 3.05) is 38.2 Å². The van der Waals surface area contributed by atoms with Gasteiger partial charge in [0.15, 0.2) is 0 Å².